The summed E-state index contributed by atoms with van der Waals surface area (Å²) in [6, 6.07) is 2.95. The zero-order valence-corrected chi connectivity index (χ0v) is 7.45. The van der Waals surface area contributed by atoms with Crippen molar-refractivity contribution in [1.29, 1.82) is 0 Å². The lowest BCUT2D eigenvalue weighted by molar-refractivity contribution is -0.0498. The largest absolute Gasteiger partial charge is 0.435 e. The summed E-state index contributed by atoms with van der Waals surface area (Å²) in [6.07, 6.45) is 3.32. The van der Waals surface area contributed by atoms with Crippen LogP contribution >= 0.6 is 0 Å². The smallest absolute Gasteiger partial charge is 0.387 e. The Labute approximate surface area is 78.9 Å². The minimum Gasteiger partial charge on any atom is -0.435 e. The Morgan fingerprint density at radius 1 is 1.50 bits per heavy atom. The number of pyridine rings is 1. The number of rotatable bonds is 2. The maximum Gasteiger partial charge on any atom is 0.387 e. The molecule has 14 heavy (non-hydrogen) atoms. The minimum atomic E-state index is -2.80. The first-order valence-corrected chi connectivity index (χ1v) is 4.05. The first-order chi connectivity index (χ1) is 6.66. The summed E-state index contributed by atoms with van der Waals surface area (Å²) in [5.41, 5.74) is 1.55. The van der Waals surface area contributed by atoms with Gasteiger partial charge in [0, 0.05) is 24.2 Å². The molecule has 2 rings (SSSR count). The molecule has 0 bridgehead atoms. The fourth-order valence-electron chi connectivity index (χ4n) is 1.26. The van der Waals surface area contributed by atoms with Gasteiger partial charge < -0.3 is 9.14 Å². The van der Waals surface area contributed by atoms with Crippen molar-refractivity contribution in [1.82, 2.24) is 9.38 Å². The summed E-state index contributed by atoms with van der Waals surface area (Å²) in [4.78, 5) is 4.02. The molecule has 0 spiro atoms. The second kappa shape index (κ2) is 3.25. The van der Waals surface area contributed by atoms with E-state index in [1.165, 1.54) is 12.1 Å². The van der Waals surface area contributed by atoms with Crippen molar-refractivity contribution in [2.24, 2.45) is 0 Å². The van der Waals surface area contributed by atoms with Crippen LogP contribution in [0.4, 0.5) is 8.78 Å². The van der Waals surface area contributed by atoms with Gasteiger partial charge in [0.05, 0.1) is 0 Å². The first kappa shape index (κ1) is 8.93. The van der Waals surface area contributed by atoms with E-state index in [1.54, 1.807) is 16.8 Å². The molecule has 0 aliphatic rings. The van der Waals surface area contributed by atoms with Gasteiger partial charge in [-0.15, -0.1) is 0 Å². The van der Waals surface area contributed by atoms with Crippen LogP contribution in [-0.4, -0.2) is 16.0 Å². The predicted molar refractivity (Wildman–Crippen MR) is 46.6 cm³/mol. The summed E-state index contributed by atoms with van der Waals surface area (Å²) >= 11 is 0. The number of fused-ring (bicyclic) bond motifs is 1. The predicted octanol–water partition coefficient (Wildman–Crippen LogP) is 2.24. The maximum absolute atomic E-state index is 11.9. The van der Waals surface area contributed by atoms with Gasteiger partial charge in [0.2, 0.25) is 0 Å². The van der Waals surface area contributed by atoms with Crippen LogP contribution in [0, 0.1) is 6.92 Å². The molecule has 2 heterocycles. The Hall–Kier alpha value is -1.65. The van der Waals surface area contributed by atoms with E-state index in [1.807, 2.05) is 6.92 Å². The van der Waals surface area contributed by atoms with E-state index >= 15 is 0 Å². The van der Waals surface area contributed by atoms with Crippen LogP contribution in [0.25, 0.3) is 5.65 Å². The van der Waals surface area contributed by atoms with Crippen molar-refractivity contribution in [3.8, 4) is 5.75 Å². The molecule has 0 saturated heterocycles. The monoisotopic (exact) mass is 198 g/mol. The van der Waals surface area contributed by atoms with Crippen LogP contribution in [0.3, 0.4) is 0 Å². The SMILES string of the molecule is Cc1cnc2cc(OC(F)F)ccn12. The molecule has 2 aromatic rings. The number of alkyl halides is 2. The fourth-order valence-corrected chi connectivity index (χ4v) is 1.26. The van der Waals surface area contributed by atoms with Crippen LogP contribution in [-0.2, 0) is 0 Å². The summed E-state index contributed by atoms with van der Waals surface area (Å²) < 4.78 is 29.8. The molecule has 0 N–H and O–H groups in total. The molecule has 0 aromatic carbocycles. The van der Waals surface area contributed by atoms with Crippen LogP contribution in [0.2, 0.25) is 0 Å². The molecule has 0 unspecified atom stereocenters. The number of hydrogen-bond acceptors (Lipinski definition) is 2. The highest BCUT2D eigenvalue weighted by Gasteiger charge is 2.05. The lowest BCUT2D eigenvalue weighted by Gasteiger charge is -2.04. The molecular formula is C9H8F2N2O. The van der Waals surface area contributed by atoms with Crippen molar-refractivity contribution in [3.63, 3.8) is 0 Å². The van der Waals surface area contributed by atoms with Gasteiger partial charge in [-0.3, -0.25) is 0 Å². The van der Waals surface area contributed by atoms with Gasteiger partial charge in [-0.05, 0) is 13.0 Å². The standard InChI is InChI=1S/C9H8F2N2O/c1-6-5-12-8-4-7(14-9(10)11)2-3-13(6)8/h2-5,9H,1H3. The Kier molecular flexibility index (Phi) is 2.07. The first-order valence-electron chi connectivity index (χ1n) is 4.05. The van der Waals surface area contributed by atoms with Gasteiger partial charge >= 0.3 is 6.61 Å². The topological polar surface area (TPSA) is 26.5 Å². The third-order valence-electron chi connectivity index (χ3n) is 1.89. The maximum atomic E-state index is 11.9. The van der Waals surface area contributed by atoms with Crippen molar-refractivity contribution in [2.45, 2.75) is 13.5 Å². The van der Waals surface area contributed by atoms with Crippen LogP contribution in [0.1, 0.15) is 5.69 Å². The van der Waals surface area contributed by atoms with Crippen LogP contribution < -0.4 is 4.74 Å². The van der Waals surface area contributed by atoms with Crippen LogP contribution in [0.5, 0.6) is 5.75 Å². The third kappa shape index (κ3) is 1.53. The van der Waals surface area contributed by atoms with Gasteiger partial charge in [0.25, 0.3) is 0 Å². The number of nitrogens with zero attached hydrogens (tertiary/aromatic N) is 2. The normalized spacial score (nSPS) is 11.1. The van der Waals surface area contributed by atoms with Gasteiger partial charge in [0.1, 0.15) is 11.4 Å². The number of ether oxygens (including phenoxy) is 1. The number of halogens is 2. The fraction of sp³-hybridized carbons (Fsp3) is 0.222. The molecule has 0 amide bonds. The van der Waals surface area contributed by atoms with Crippen molar-refractivity contribution in [3.05, 3.63) is 30.2 Å². The Bertz CT molecular complexity index is 453. The van der Waals surface area contributed by atoms with E-state index < -0.39 is 6.61 Å². The van der Waals surface area contributed by atoms with E-state index in [-0.39, 0.29) is 5.75 Å². The molecule has 3 nitrogen and oxygen atoms in total. The third-order valence-corrected chi connectivity index (χ3v) is 1.89. The minimum absolute atomic E-state index is 0.123. The molecule has 2 aromatic heterocycles. The zero-order valence-electron chi connectivity index (χ0n) is 7.45. The molecule has 0 aliphatic carbocycles. The molecular weight excluding hydrogens is 190 g/mol. The Balaban J connectivity index is 2.42. The van der Waals surface area contributed by atoms with Crippen molar-refractivity contribution < 1.29 is 13.5 Å². The van der Waals surface area contributed by atoms with Gasteiger partial charge in [0.15, 0.2) is 0 Å². The van der Waals surface area contributed by atoms with Gasteiger partial charge in [-0.1, -0.05) is 0 Å². The van der Waals surface area contributed by atoms with Gasteiger partial charge in [-0.2, -0.15) is 8.78 Å². The molecule has 74 valence electrons. The number of aromatic nitrogens is 2. The second-order valence-corrected chi connectivity index (χ2v) is 2.87. The Morgan fingerprint density at radius 2 is 2.29 bits per heavy atom. The number of hydrogen-bond donors (Lipinski definition) is 0. The summed E-state index contributed by atoms with van der Waals surface area (Å²) in [7, 11) is 0. The van der Waals surface area contributed by atoms with E-state index in [0.29, 0.717) is 5.65 Å². The van der Waals surface area contributed by atoms with E-state index in [4.69, 9.17) is 0 Å². The molecule has 0 fully saturated rings. The molecule has 0 aliphatic heterocycles. The molecule has 5 heteroatoms. The lowest BCUT2D eigenvalue weighted by atomic mass is 10.4. The van der Waals surface area contributed by atoms with E-state index in [2.05, 4.69) is 9.72 Å². The lowest BCUT2D eigenvalue weighted by Crippen LogP contribution is -2.02. The molecule has 0 saturated carbocycles. The second-order valence-electron chi connectivity index (χ2n) is 2.87. The average Bonchev–Trinajstić information content (AvgIpc) is 2.46. The quantitative estimate of drug-likeness (QED) is 0.739. The number of imidazole rings is 1. The van der Waals surface area contributed by atoms with E-state index in [0.717, 1.165) is 5.69 Å². The average molecular weight is 198 g/mol. The highest BCUT2D eigenvalue weighted by molar-refractivity contribution is 5.45. The van der Waals surface area contributed by atoms with Gasteiger partial charge in [-0.25, -0.2) is 4.98 Å². The van der Waals surface area contributed by atoms with Crippen LogP contribution in [0.15, 0.2) is 24.5 Å². The highest BCUT2D eigenvalue weighted by Crippen LogP contribution is 2.16. The van der Waals surface area contributed by atoms with E-state index in [9.17, 15) is 8.78 Å². The Morgan fingerprint density at radius 3 is 3.00 bits per heavy atom. The van der Waals surface area contributed by atoms with Crippen molar-refractivity contribution in [2.75, 3.05) is 0 Å². The zero-order chi connectivity index (χ0) is 10.1. The number of aryl methyl sites for hydroxylation is 1. The van der Waals surface area contributed by atoms with Crippen molar-refractivity contribution >= 4 is 5.65 Å². The summed E-state index contributed by atoms with van der Waals surface area (Å²) in [6.45, 7) is -0.915. The summed E-state index contributed by atoms with van der Waals surface area (Å²) in [5, 5.41) is 0. The molecule has 0 radical (unpaired) electrons. The molecule has 0 atom stereocenters. The summed E-state index contributed by atoms with van der Waals surface area (Å²) in [5.74, 6) is 0.123. The highest BCUT2D eigenvalue weighted by atomic mass is 19.3.